The summed E-state index contributed by atoms with van der Waals surface area (Å²) in [6.45, 7) is 0. The molecule has 6 nitrogen and oxygen atoms in total. The average Bonchev–Trinajstić information content (AvgIpc) is 3.11. The lowest BCUT2D eigenvalue weighted by atomic mass is 10.0. The van der Waals surface area contributed by atoms with Crippen LogP contribution in [-0.2, 0) is 0 Å². The highest BCUT2D eigenvalue weighted by atomic mass is 16.6. The third-order valence-electron chi connectivity index (χ3n) is 4.11. The monoisotopic (exact) mass is 345 g/mol. The summed E-state index contributed by atoms with van der Waals surface area (Å²) in [5.74, 6) is 1.28. The van der Waals surface area contributed by atoms with Gasteiger partial charge in [-0.05, 0) is 23.8 Å². The van der Waals surface area contributed by atoms with Crippen LogP contribution in [0.5, 0.6) is 0 Å². The fourth-order valence-electron chi connectivity index (χ4n) is 2.84. The molecule has 4 aromatic rings. The van der Waals surface area contributed by atoms with Crippen molar-refractivity contribution in [2.75, 3.05) is 5.32 Å². The fourth-order valence-corrected chi connectivity index (χ4v) is 2.84. The van der Waals surface area contributed by atoms with Crippen molar-refractivity contribution in [1.82, 2.24) is 4.98 Å². The normalized spacial score (nSPS) is 12.0. The molecule has 0 aliphatic heterocycles. The van der Waals surface area contributed by atoms with Crippen molar-refractivity contribution in [3.8, 4) is 0 Å². The predicted molar refractivity (Wildman–Crippen MR) is 99.0 cm³/mol. The van der Waals surface area contributed by atoms with Crippen LogP contribution in [0, 0.1) is 10.1 Å². The summed E-state index contributed by atoms with van der Waals surface area (Å²) >= 11 is 0. The number of hydrogen-bond acceptors (Lipinski definition) is 5. The van der Waals surface area contributed by atoms with Crippen LogP contribution in [0.3, 0.4) is 0 Å². The minimum atomic E-state index is -0.468. The molecule has 2 heterocycles. The Hall–Kier alpha value is -3.67. The molecular weight excluding hydrogens is 330 g/mol. The number of hydrogen-bond donors (Lipinski definition) is 1. The Bertz CT molecular complexity index is 1010. The molecule has 1 atom stereocenters. The van der Waals surface area contributed by atoms with Crippen LogP contribution in [0.15, 0.2) is 83.4 Å². The molecule has 1 N–H and O–H groups in total. The summed E-state index contributed by atoms with van der Waals surface area (Å²) < 4.78 is 6.02. The van der Waals surface area contributed by atoms with Gasteiger partial charge in [-0.2, -0.15) is 0 Å². The first-order chi connectivity index (χ1) is 12.7. The highest BCUT2D eigenvalue weighted by molar-refractivity contribution is 5.78. The third kappa shape index (κ3) is 3.12. The van der Waals surface area contributed by atoms with E-state index in [1.165, 1.54) is 12.3 Å². The molecule has 2 aromatic heterocycles. The van der Waals surface area contributed by atoms with Gasteiger partial charge in [0, 0.05) is 11.5 Å². The maximum atomic E-state index is 10.8. The molecule has 4 rings (SSSR count). The molecule has 0 saturated heterocycles. The largest absolute Gasteiger partial charge is 0.459 e. The molecule has 0 aliphatic carbocycles. The Morgan fingerprint density at radius 1 is 1.00 bits per heavy atom. The van der Waals surface area contributed by atoms with Crippen LogP contribution in [0.2, 0.25) is 0 Å². The Balaban J connectivity index is 1.72. The number of nitrogens with one attached hydrogen (secondary N) is 1. The van der Waals surface area contributed by atoms with E-state index in [9.17, 15) is 10.1 Å². The number of rotatable bonds is 5. The van der Waals surface area contributed by atoms with Gasteiger partial charge in [0.2, 0.25) is 0 Å². The van der Waals surface area contributed by atoms with Crippen LogP contribution >= 0.6 is 0 Å². The van der Waals surface area contributed by atoms with E-state index in [0.29, 0.717) is 5.82 Å². The summed E-state index contributed by atoms with van der Waals surface area (Å²) in [7, 11) is 0. The van der Waals surface area contributed by atoms with Crippen molar-refractivity contribution in [2.24, 2.45) is 0 Å². The van der Waals surface area contributed by atoms with E-state index in [-0.39, 0.29) is 11.7 Å². The number of benzene rings is 2. The maximum absolute atomic E-state index is 10.8. The van der Waals surface area contributed by atoms with Gasteiger partial charge >= 0.3 is 0 Å². The highest BCUT2D eigenvalue weighted by Gasteiger charge is 2.19. The summed E-state index contributed by atoms with van der Waals surface area (Å²) in [5, 5.41) is 15.1. The molecule has 0 bridgehead atoms. The lowest BCUT2D eigenvalue weighted by Gasteiger charge is -2.17. The molecule has 0 saturated carbocycles. The first kappa shape index (κ1) is 15.8. The van der Waals surface area contributed by atoms with Crippen LogP contribution in [0.4, 0.5) is 11.5 Å². The lowest BCUT2D eigenvalue weighted by Crippen LogP contribution is -2.12. The zero-order valence-corrected chi connectivity index (χ0v) is 13.7. The molecule has 26 heavy (non-hydrogen) atoms. The van der Waals surface area contributed by atoms with Gasteiger partial charge in [0.15, 0.2) is 0 Å². The van der Waals surface area contributed by atoms with E-state index in [1.54, 1.807) is 6.07 Å². The summed E-state index contributed by atoms with van der Waals surface area (Å²) in [4.78, 5) is 14.5. The van der Waals surface area contributed by atoms with E-state index in [2.05, 4.69) is 10.3 Å². The number of aromatic nitrogens is 1. The van der Waals surface area contributed by atoms with Gasteiger partial charge in [0.05, 0.1) is 4.92 Å². The number of furan rings is 1. The van der Waals surface area contributed by atoms with E-state index >= 15 is 0 Å². The molecule has 0 fully saturated rings. The summed E-state index contributed by atoms with van der Waals surface area (Å²) in [5.41, 5.74) is 1.77. The molecule has 0 spiro atoms. The van der Waals surface area contributed by atoms with Gasteiger partial charge in [0.25, 0.3) is 5.69 Å². The number of fused-ring (bicyclic) bond motifs is 1. The number of nitrogens with zero attached hydrogens (tertiary/aromatic N) is 2. The van der Waals surface area contributed by atoms with Crippen LogP contribution in [0.25, 0.3) is 11.0 Å². The van der Waals surface area contributed by atoms with Gasteiger partial charge in [-0.3, -0.25) is 10.1 Å². The molecule has 0 radical (unpaired) electrons. The van der Waals surface area contributed by atoms with Crippen molar-refractivity contribution in [2.45, 2.75) is 6.04 Å². The molecule has 6 heteroatoms. The van der Waals surface area contributed by atoms with Crippen molar-refractivity contribution in [3.63, 3.8) is 0 Å². The number of anilines is 1. The number of nitro groups is 1. The highest BCUT2D eigenvalue weighted by Crippen LogP contribution is 2.31. The van der Waals surface area contributed by atoms with Crippen molar-refractivity contribution >= 4 is 22.5 Å². The molecule has 128 valence electrons. The van der Waals surface area contributed by atoms with Gasteiger partial charge in [-0.1, -0.05) is 48.5 Å². The zero-order chi connectivity index (χ0) is 17.9. The Kier molecular flexibility index (Phi) is 4.07. The van der Waals surface area contributed by atoms with Gasteiger partial charge < -0.3 is 9.73 Å². The second kappa shape index (κ2) is 6.68. The SMILES string of the molecule is O=[N+]([O-])c1ccc(NC(c2ccccc2)c2cc3ccccc3o2)nc1. The quantitative estimate of drug-likeness (QED) is 0.409. The summed E-state index contributed by atoms with van der Waals surface area (Å²) in [6, 6.07) is 22.4. The second-order valence-electron chi connectivity index (χ2n) is 5.83. The zero-order valence-electron chi connectivity index (χ0n) is 13.7. The van der Waals surface area contributed by atoms with Gasteiger partial charge in [-0.15, -0.1) is 0 Å². The Labute approximate surface area is 149 Å². The molecule has 2 aromatic carbocycles. The Morgan fingerprint density at radius 3 is 2.46 bits per heavy atom. The molecular formula is C20H15N3O3. The molecule has 0 amide bonds. The first-order valence-corrected chi connectivity index (χ1v) is 8.11. The predicted octanol–water partition coefficient (Wildman–Crippen LogP) is 4.94. The number of pyridine rings is 1. The van der Waals surface area contributed by atoms with E-state index in [4.69, 9.17) is 4.42 Å². The van der Waals surface area contributed by atoms with Crippen LogP contribution in [-0.4, -0.2) is 9.91 Å². The lowest BCUT2D eigenvalue weighted by molar-refractivity contribution is -0.385. The topological polar surface area (TPSA) is 81.2 Å². The molecule has 1 unspecified atom stereocenters. The fraction of sp³-hybridized carbons (Fsp3) is 0.0500. The number of para-hydroxylation sites is 1. The maximum Gasteiger partial charge on any atom is 0.287 e. The van der Waals surface area contributed by atoms with Crippen molar-refractivity contribution < 1.29 is 9.34 Å². The first-order valence-electron chi connectivity index (χ1n) is 8.11. The van der Waals surface area contributed by atoms with Gasteiger partial charge in [0.1, 0.15) is 29.4 Å². The molecule has 0 aliphatic rings. The van der Waals surface area contributed by atoms with E-state index in [1.807, 2.05) is 60.7 Å². The van der Waals surface area contributed by atoms with Crippen molar-refractivity contribution in [3.05, 3.63) is 100 Å². The second-order valence-corrected chi connectivity index (χ2v) is 5.83. The van der Waals surface area contributed by atoms with Crippen molar-refractivity contribution in [1.29, 1.82) is 0 Å². The smallest absolute Gasteiger partial charge is 0.287 e. The van der Waals surface area contributed by atoms with E-state index in [0.717, 1.165) is 22.3 Å². The van der Waals surface area contributed by atoms with Crippen LogP contribution < -0.4 is 5.32 Å². The minimum absolute atomic E-state index is 0.0458. The van der Waals surface area contributed by atoms with E-state index < -0.39 is 4.92 Å². The van der Waals surface area contributed by atoms with Crippen LogP contribution in [0.1, 0.15) is 17.4 Å². The minimum Gasteiger partial charge on any atom is -0.459 e. The summed E-state index contributed by atoms with van der Waals surface area (Å²) in [6.07, 6.45) is 1.24. The average molecular weight is 345 g/mol. The van der Waals surface area contributed by atoms with Gasteiger partial charge in [-0.25, -0.2) is 4.98 Å². The third-order valence-corrected chi connectivity index (χ3v) is 4.11. The standard InChI is InChI=1S/C20H15N3O3/c24-23(25)16-10-11-19(21-13-16)22-20(14-6-2-1-3-7-14)18-12-15-8-4-5-9-17(15)26-18/h1-13,20H,(H,21,22). The Morgan fingerprint density at radius 2 is 1.77 bits per heavy atom.